The van der Waals surface area contributed by atoms with Gasteiger partial charge in [0.15, 0.2) is 0 Å². The second-order valence-corrected chi connectivity index (χ2v) is 9.50. The molecule has 0 saturated carbocycles. The minimum absolute atomic E-state index is 0.281. The molecule has 180 valence electrons. The van der Waals surface area contributed by atoms with E-state index in [4.69, 9.17) is 14.5 Å². The van der Waals surface area contributed by atoms with Gasteiger partial charge in [-0.25, -0.2) is 4.98 Å². The van der Waals surface area contributed by atoms with Gasteiger partial charge in [0.1, 0.15) is 18.1 Å². The number of methoxy groups -OCH3 is 1. The Kier molecular flexibility index (Phi) is 6.59. The molecule has 2 saturated heterocycles. The van der Waals surface area contributed by atoms with E-state index in [1.54, 1.807) is 7.11 Å². The van der Waals surface area contributed by atoms with Gasteiger partial charge >= 0.3 is 0 Å². The molecule has 3 unspecified atom stereocenters. The highest BCUT2D eigenvalue weighted by atomic mass is 16.5. The first-order valence-electron chi connectivity index (χ1n) is 12.0. The number of likely N-dealkylation sites (tertiary alicyclic amines) is 1. The lowest BCUT2D eigenvalue weighted by Gasteiger charge is -2.35. The molecular weight excluding hydrogens is 428 g/mol. The number of nitrogens with zero attached hydrogens (tertiary/aromatic N) is 3. The Morgan fingerprint density at radius 3 is 2.59 bits per heavy atom. The van der Waals surface area contributed by atoms with Crippen molar-refractivity contribution in [2.45, 2.75) is 6.10 Å². The molecule has 0 bridgehead atoms. The topological polar surface area (TPSA) is 70.1 Å². The second kappa shape index (κ2) is 9.78. The number of pyridine rings is 1. The first-order valence-corrected chi connectivity index (χ1v) is 12.0. The van der Waals surface area contributed by atoms with E-state index >= 15 is 0 Å². The quantitative estimate of drug-likeness (QED) is 0.523. The van der Waals surface area contributed by atoms with E-state index in [1.165, 1.54) is 5.69 Å². The lowest BCUT2D eigenvalue weighted by molar-refractivity contribution is 0.0163. The largest absolute Gasteiger partial charge is 0.497 e. The van der Waals surface area contributed by atoms with E-state index in [1.807, 2.05) is 31.3 Å². The van der Waals surface area contributed by atoms with Crippen LogP contribution in [0.15, 0.2) is 48.5 Å². The van der Waals surface area contributed by atoms with Crippen LogP contribution in [0.3, 0.4) is 0 Å². The fourth-order valence-electron chi connectivity index (χ4n) is 5.37. The third-order valence-electron chi connectivity index (χ3n) is 7.14. The Bertz CT molecular complexity index is 1140. The number of ether oxygens (including phenoxy) is 2. The number of aliphatic hydroxyl groups is 1. The summed E-state index contributed by atoms with van der Waals surface area (Å²) in [5.74, 6) is 2.41. The standard InChI is InChI=1S/C27H34N4O3/c1-28-10-11-34-20-6-4-18(5-7-20)24-13-26(22-9-8-21(33-3)12-25(22)29-24)31-15-19-14-30(2)17-27(32)23(19)16-31/h4-9,12-13,19,23,27-28,32H,10-11,14-17H2,1-3H3. The van der Waals surface area contributed by atoms with E-state index in [0.29, 0.717) is 18.4 Å². The summed E-state index contributed by atoms with van der Waals surface area (Å²) in [7, 11) is 5.70. The van der Waals surface area contributed by atoms with Gasteiger partial charge in [-0.15, -0.1) is 0 Å². The van der Waals surface area contributed by atoms with E-state index in [-0.39, 0.29) is 6.10 Å². The Morgan fingerprint density at radius 1 is 1.03 bits per heavy atom. The lowest BCUT2D eigenvalue weighted by atomic mass is 9.87. The third kappa shape index (κ3) is 4.56. The molecule has 0 amide bonds. The molecule has 7 heteroatoms. The molecule has 2 N–H and O–H groups in total. The summed E-state index contributed by atoms with van der Waals surface area (Å²) in [6.45, 7) is 5.01. The van der Waals surface area contributed by atoms with E-state index in [9.17, 15) is 5.11 Å². The van der Waals surface area contributed by atoms with E-state index in [2.05, 4.69) is 46.4 Å². The number of anilines is 1. The first-order chi connectivity index (χ1) is 16.6. The van der Waals surface area contributed by atoms with Crippen molar-refractivity contribution in [3.63, 3.8) is 0 Å². The number of hydrogen-bond acceptors (Lipinski definition) is 7. The van der Waals surface area contributed by atoms with Gasteiger partial charge in [0.25, 0.3) is 0 Å². The highest BCUT2D eigenvalue weighted by molar-refractivity contribution is 5.95. The van der Waals surface area contributed by atoms with Crippen LogP contribution in [0.2, 0.25) is 0 Å². The fraction of sp³-hybridized carbons (Fsp3) is 0.444. The van der Waals surface area contributed by atoms with Crippen LogP contribution in [0.25, 0.3) is 22.2 Å². The van der Waals surface area contributed by atoms with Gasteiger partial charge in [0.2, 0.25) is 0 Å². The molecule has 2 fully saturated rings. The SMILES string of the molecule is CNCCOc1ccc(-c2cc(N3CC4CN(C)CC(O)C4C3)c3ccc(OC)cc3n2)cc1. The second-order valence-electron chi connectivity index (χ2n) is 9.50. The number of aromatic nitrogens is 1. The van der Waals surface area contributed by atoms with Crippen molar-refractivity contribution in [2.24, 2.45) is 11.8 Å². The summed E-state index contributed by atoms with van der Waals surface area (Å²) in [4.78, 5) is 9.68. The van der Waals surface area contributed by atoms with Gasteiger partial charge in [0, 0.05) is 61.3 Å². The van der Waals surface area contributed by atoms with Crippen molar-refractivity contribution in [3.05, 3.63) is 48.5 Å². The molecule has 1 aromatic heterocycles. The Morgan fingerprint density at radius 2 is 1.82 bits per heavy atom. The van der Waals surface area contributed by atoms with Gasteiger partial charge in [-0.1, -0.05) is 0 Å². The summed E-state index contributed by atoms with van der Waals surface area (Å²) < 4.78 is 11.3. The Balaban J connectivity index is 1.50. The molecule has 0 radical (unpaired) electrons. The number of piperidine rings is 1. The number of hydrogen-bond donors (Lipinski definition) is 2. The molecule has 5 rings (SSSR count). The van der Waals surface area contributed by atoms with Crippen molar-refractivity contribution in [1.82, 2.24) is 15.2 Å². The molecule has 7 nitrogen and oxygen atoms in total. The predicted molar refractivity (Wildman–Crippen MR) is 136 cm³/mol. The Labute approximate surface area is 201 Å². The van der Waals surface area contributed by atoms with Gasteiger partial charge < -0.3 is 29.7 Å². The molecule has 3 heterocycles. The Hall–Kier alpha value is -2.87. The number of β-amino-alcohol motifs (C(OH)–C–C–N with tert-alkyl or cyclic N) is 1. The summed E-state index contributed by atoms with van der Waals surface area (Å²) in [5, 5.41) is 14.9. The van der Waals surface area contributed by atoms with Crippen LogP contribution in [0, 0.1) is 11.8 Å². The van der Waals surface area contributed by atoms with Gasteiger partial charge in [0.05, 0.1) is 24.4 Å². The van der Waals surface area contributed by atoms with Crippen molar-refractivity contribution in [2.75, 3.05) is 65.4 Å². The van der Waals surface area contributed by atoms with E-state index in [0.717, 1.165) is 66.4 Å². The van der Waals surface area contributed by atoms with Gasteiger partial charge in [-0.2, -0.15) is 0 Å². The number of fused-ring (bicyclic) bond motifs is 2. The molecule has 2 aromatic carbocycles. The van der Waals surface area contributed by atoms with Crippen LogP contribution in [0.1, 0.15) is 0 Å². The normalized spacial score (nSPS) is 22.7. The van der Waals surface area contributed by atoms with Crippen molar-refractivity contribution in [3.8, 4) is 22.8 Å². The summed E-state index contributed by atoms with van der Waals surface area (Å²) in [6, 6.07) is 16.4. The maximum atomic E-state index is 10.7. The van der Waals surface area contributed by atoms with Crippen LogP contribution in [-0.4, -0.2) is 81.6 Å². The average molecular weight is 463 g/mol. The molecule has 0 aliphatic carbocycles. The minimum Gasteiger partial charge on any atom is -0.497 e. The third-order valence-corrected chi connectivity index (χ3v) is 7.14. The molecule has 0 spiro atoms. The zero-order valence-corrected chi connectivity index (χ0v) is 20.2. The zero-order valence-electron chi connectivity index (χ0n) is 20.2. The number of rotatable bonds is 7. The lowest BCUT2D eigenvalue weighted by Crippen LogP contribution is -2.47. The summed E-state index contributed by atoms with van der Waals surface area (Å²) >= 11 is 0. The molecule has 2 aliphatic rings. The first kappa shape index (κ1) is 22.9. The summed E-state index contributed by atoms with van der Waals surface area (Å²) in [5.41, 5.74) is 4.04. The molecule has 3 aromatic rings. The van der Waals surface area contributed by atoms with Gasteiger partial charge in [-0.3, -0.25) is 0 Å². The average Bonchev–Trinajstić information content (AvgIpc) is 3.28. The van der Waals surface area contributed by atoms with Crippen molar-refractivity contribution in [1.29, 1.82) is 0 Å². The predicted octanol–water partition coefficient (Wildman–Crippen LogP) is 2.87. The van der Waals surface area contributed by atoms with Crippen LogP contribution in [-0.2, 0) is 0 Å². The van der Waals surface area contributed by atoms with Crippen LogP contribution >= 0.6 is 0 Å². The number of aliphatic hydroxyl groups excluding tert-OH is 1. The van der Waals surface area contributed by atoms with Crippen LogP contribution in [0.4, 0.5) is 5.69 Å². The van der Waals surface area contributed by atoms with Gasteiger partial charge in [-0.05, 0) is 62.5 Å². The van der Waals surface area contributed by atoms with E-state index < -0.39 is 0 Å². The monoisotopic (exact) mass is 462 g/mol. The fourth-order valence-corrected chi connectivity index (χ4v) is 5.37. The smallest absolute Gasteiger partial charge is 0.121 e. The maximum Gasteiger partial charge on any atom is 0.121 e. The molecule has 34 heavy (non-hydrogen) atoms. The number of likely N-dealkylation sites (N-methyl/N-ethyl adjacent to an activating group) is 2. The zero-order chi connectivity index (χ0) is 23.7. The molecule has 3 atom stereocenters. The minimum atomic E-state index is -0.281. The highest BCUT2D eigenvalue weighted by Crippen LogP contribution is 2.39. The maximum absolute atomic E-state index is 10.7. The molecular formula is C27H34N4O3. The number of nitrogens with one attached hydrogen (secondary N) is 1. The molecule has 2 aliphatic heterocycles. The summed E-state index contributed by atoms with van der Waals surface area (Å²) in [6.07, 6.45) is -0.281. The highest BCUT2D eigenvalue weighted by Gasteiger charge is 2.41. The van der Waals surface area contributed by atoms with Crippen LogP contribution in [0.5, 0.6) is 11.5 Å². The van der Waals surface area contributed by atoms with Crippen LogP contribution < -0.4 is 19.7 Å². The van der Waals surface area contributed by atoms with Crippen molar-refractivity contribution < 1.29 is 14.6 Å². The number of benzene rings is 2. The van der Waals surface area contributed by atoms with Crippen molar-refractivity contribution >= 4 is 16.6 Å².